The quantitative estimate of drug-likeness (QED) is 0.453. The van der Waals surface area contributed by atoms with E-state index < -0.39 is 16.5 Å². The number of ketones is 1. The summed E-state index contributed by atoms with van der Waals surface area (Å²) in [4.78, 5) is 33.7. The molecule has 7 heteroatoms. The lowest BCUT2D eigenvalue weighted by atomic mass is 10.1. The van der Waals surface area contributed by atoms with Crippen LogP contribution in [-0.4, -0.2) is 23.2 Å². The van der Waals surface area contributed by atoms with Crippen LogP contribution < -0.4 is 5.32 Å². The van der Waals surface area contributed by atoms with Gasteiger partial charge in [0.1, 0.15) is 5.82 Å². The standard InChI is InChI=1S/C18H17FN2O4/c19-16-4-2-1-3-15(16)17(22)9-10-18(23)20-12-11-13-5-7-14(8-6-13)21(24)25/h1-8H,9-12H2,(H,20,23). The first-order valence-corrected chi connectivity index (χ1v) is 7.75. The fraction of sp³-hybridized carbons (Fsp3) is 0.222. The topological polar surface area (TPSA) is 89.3 Å². The highest BCUT2D eigenvalue weighted by Gasteiger charge is 2.12. The normalized spacial score (nSPS) is 10.3. The van der Waals surface area contributed by atoms with Crippen molar-refractivity contribution in [2.24, 2.45) is 0 Å². The maximum atomic E-state index is 13.5. The van der Waals surface area contributed by atoms with Gasteiger partial charge in [-0.25, -0.2) is 4.39 Å². The number of benzene rings is 2. The van der Waals surface area contributed by atoms with Gasteiger partial charge in [0, 0.05) is 31.5 Å². The van der Waals surface area contributed by atoms with Crippen molar-refractivity contribution >= 4 is 17.4 Å². The number of nitrogens with zero attached hydrogens (tertiary/aromatic N) is 1. The summed E-state index contributed by atoms with van der Waals surface area (Å²) < 4.78 is 13.5. The van der Waals surface area contributed by atoms with Crippen LogP contribution in [0.15, 0.2) is 48.5 Å². The largest absolute Gasteiger partial charge is 0.356 e. The molecule has 0 atom stereocenters. The molecule has 1 amide bonds. The van der Waals surface area contributed by atoms with Gasteiger partial charge in [0.2, 0.25) is 5.91 Å². The van der Waals surface area contributed by atoms with Crippen LogP contribution in [0, 0.1) is 15.9 Å². The van der Waals surface area contributed by atoms with E-state index in [1.54, 1.807) is 18.2 Å². The molecule has 0 heterocycles. The first kappa shape index (κ1) is 18.3. The number of halogens is 1. The van der Waals surface area contributed by atoms with Crippen molar-refractivity contribution in [1.82, 2.24) is 5.32 Å². The summed E-state index contributed by atoms with van der Waals surface area (Å²) in [6.07, 6.45) is 0.433. The molecule has 2 rings (SSSR count). The zero-order valence-electron chi connectivity index (χ0n) is 13.4. The number of rotatable bonds is 8. The number of Topliss-reactive ketones (excluding diaryl/α,β-unsaturated/α-hetero) is 1. The molecule has 0 aliphatic rings. The van der Waals surface area contributed by atoms with Crippen molar-refractivity contribution in [2.75, 3.05) is 6.54 Å². The maximum absolute atomic E-state index is 13.5. The average Bonchev–Trinajstić information content (AvgIpc) is 2.60. The van der Waals surface area contributed by atoms with Crippen molar-refractivity contribution in [1.29, 1.82) is 0 Å². The first-order valence-electron chi connectivity index (χ1n) is 7.75. The molecule has 0 bridgehead atoms. The molecular weight excluding hydrogens is 327 g/mol. The molecule has 0 spiro atoms. The third kappa shape index (κ3) is 5.49. The summed E-state index contributed by atoms with van der Waals surface area (Å²) in [5.74, 6) is -1.30. The van der Waals surface area contributed by atoms with Crippen molar-refractivity contribution in [3.05, 3.63) is 75.6 Å². The number of nitro groups is 1. The highest BCUT2D eigenvalue weighted by atomic mass is 19.1. The van der Waals surface area contributed by atoms with Gasteiger partial charge in [-0.05, 0) is 24.1 Å². The molecule has 6 nitrogen and oxygen atoms in total. The summed E-state index contributed by atoms with van der Waals surface area (Å²) in [6.45, 7) is 0.352. The molecule has 2 aromatic carbocycles. The van der Waals surface area contributed by atoms with E-state index in [1.807, 2.05) is 0 Å². The van der Waals surface area contributed by atoms with Gasteiger partial charge in [0.15, 0.2) is 5.78 Å². The fourth-order valence-corrected chi connectivity index (χ4v) is 2.27. The van der Waals surface area contributed by atoms with Crippen LogP contribution in [0.1, 0.15) is 28.8 Å². The molecule has 0 aromatic heterocycles. The van der Waals surface area contributed by atoms with E-state index in [0.717, 1.165) is 5.56 Å². The Morgan fingerprint density at radius 3 is 2.36 bits per heavy atom. The SMILES string of the molecule is O=C(CCC(=O)c1ccccc1F)NCCc1ccc([N+](=O)[O-])cc1. The molecule has 0 radical (unpaired) electrons. The summed E-state index contributed by atoms with van der Waals surface area (Å²) in [5, 5.41) is 13.2. The average molecular weight is 344 g/mol. The van der Waals surface area contributed by atoms with Gasteiger partial charge in [-0.1, -0.05) is 24.3 Å². The molecule has 0 fully saturated rings. The third-order valence-corrected chi connectivity index (χ3v) is 3.64. The van der Waals surface area contributed by atoms with Crippen molar-refractivity contribution in [3.63, 3.8) is 0 Å². The first-order chi connectivity index (χ1) is 12.0. The summed E-state index contributed by atoms with van der Waals surface area (Å²) in [6, 6.07) is 11.7. The number of hydrogen-bond acceptors (Lipinski definition) is 4. The summed E-state index contributed by atoms with van der Waals surface area (Å²) >= 11 is 0. The van der Waals surface area contributed by atoms with Gasteiger partial charge in [-0.2, -0.15) is 0 Å². The van der Waals surface area contributed by atoms with Crippen LogP contribution >= 0.6 is 0 Å². The Morgan fingerprint density at radius 1 is 1.04 bits per heavy atom. The Morgan fingerprint density at radius 2 is 1.72 bits per heavy atom. The third-order valence-electron chi connectivity index (χ3n) is 3.64. The van der Waals surface area contributed by atoms with Crippen LogP contribution in [0.25, 0.3) is 0 Å². The van der Waals surface area contributed by atoms with Crippen molar-refractivity contribution in [2.45, 2.75) is 19.3 Å². The molecule has 1 N–H and O–H groups in total. The highest BCUT2D eigenvalue weighted by Crippen LogP contribution is 2.12. The molecule has 25 heavy (non-hydrogen) atoms. The molecule has 0 saturated carbocycles. The van der Waals surface area contributed by atoms with Crippen LogP contribution in [0.3, 0.4) is 0 Å². The number of non-ortho nitro benzene ring substituents is 1. The second kappa shape index (κ2) is 8.68. The number of nitrogens with one attached hydrogen (secondary N) is 1. The molecule has 0 saturated heterocycles. The maximum Gasteiger partial charge on any atom is 0.269 e. The van der Waals surface area contributed by atoms with E-state index >= 15 is 0 Å². The zero-order chi connectivity index (χ0) is 18.2. The van der Waals surface area contributed by atoms with Crippen LogP contribution in [0.2, 0.25) is 0 Å². The fourth-order valence-electron chi connectivity index (χ4n) is 2.27. The van der Waals surface area contributed by atoms with Gasteiger partial charge < -0.3 is 5.32 Å². The molecule has 0 aliphatic heterocycles. The number of hydrogen-bond donors (Lipinski definition) is 1. The molecule has 130 valence electrons. The smallest absolute Gasteiger partial charge is 0.269 e. The minimum Gasteiger partial charge on any atom is -0.356 e. The van der Waals surface area contributed by atoms with Gasteiger partial charge in [0.25, 0.3) is 5.69 Å². The van der Waals surface area contributed by atoms with E-state index in [0.29, 0.717) is 13.0 Å². The summed E-state index contributed by atoms with van der Waals surface area (Å²) in [5.41, 5.74) is 0.856. The van der Waals surface area contributed by atoms with Crippen LogP contribution in [-0.2, 0) is 11.2 Å². The lowest BCUT2D eigenvalue weighted by molar-refractivity contribution is -0.384. The van der Waals surface area contributed by atoms with Gasteiger partial charge in [-0.3, -0.25) is 19.7 Å². The van der Waals surface area contributed by atoms with Crippen LogP contribution in [0.4, 0.5) is 10.1 Å². The summed E-state index contributed by atoms with van der Waals surface area (Å²) in [7, 11) is 0. The molecule has 0 aliphatic carbocycles. The Kier molecular flexibility index (Phi) is 6.33. The van der Waals surface area contributed by atoms with Gasteiger partial charge >= 0.3 is 0 Å². The lowest BCUT2D eigenvalue weighted by Gasteiger charge is -2.06. The number of carbonyl (C=O) groups is 2. The van der Waals surface area contributed by atoms with E-state index in [9.17, 15) is 24.1 Å². The predicted molar refractivity (Wildman–Crippen MR) is 89.8 cm³/mol. The number of carbonyl (C=O) groups excluding carboxylic acids is 2. The monoisotopic (exact) mass is 344 g/mol. The Hall–Kier alpha value is -3.09. The van der Waals surface area contributed by atoms with E-state index in [4.69, 9.17) is 0 Å². The Bertz CT molecular complexity index is 775. The molecular formula is C18H17FN2O4. The van der Waals surface area contributed by atoms with E-state index in [2.05, 4.69) is 5.32 Å². The Labute approximate surface area is 143 Å². The molecule has 2 aromatic rings. The Balaban J connectivity index is 1.73. The minimum atomic E-state index is -0.592. The lowest BCUT2D eigenvalue weighted by Crippen LogP contribution is -2.26. The predicted octanol–water partition coefficient (Wildman–Crippen LogP) is 3.06. The van der Waals surface area contributed by atoms with Crippen molar-refractivity contribution in [3.8, 4) is 0 Å². The van der Waals surface area contributed by atoms with E-state index in [-0.39, 0.29) is 30.0 Å². The van der Waals surface area contributed by atoms with Gasteiger partial charge in [-0.15, -0.1) is 0 Å². The number of amides is 1. The van der Waals surface area contributed by atoms with Crippen molar-refractivity contribution < 1.29 is 18.9 Å². The zero-order valence-corrected chi connectivity index (χ0v) is 13.4. The van der Waals surface area contributed by atoms with Gasteiger partial charge in [0.05, 0.1) is 10.5 Å². The van der Waals surface area contributed by atoms with Crippen LogP contribution in [0.5, 0.6) is 0 Å². The van der Waals surface area contributed by atoms with E-state index in [1.165, 1.54) is 30.3 Å². The number of nitro benzene ring substituents is 1. The molecule has 0 unspecified atom stereocenters. The minimum absolute atomic E-state index is 0.0128. The highest BCUT2D eigenvalue weighted by molar-refractivity contribution is 5.98. The second-order valence-electron chi connectivity index (χ2n) is 5.43. The second-order valence-corrected chi connectivity index (χ2v) is 5.43.